The molecule has 12 nitrogen and oxygen atoms in total. The van der Waals surface area contributed by atoms with E-state index in [-0.39, 0.29) is 27.5 Å². The first-order chi connectivity index (χ1) is 25.3. The minimum atomic E-state index is -4.01. The van der Waals surface area contributed by atoms with Crippen LogP contribution >= 0.6 is 0 Å². The molecule has 0 saturated carbocycles. The maximum absolute atomic E-state index is 8.93. The molecular formula is C25H29N9O3. The van der Waals surface area contributed by atoms with Crippen LogP contribution in [0.1, 0.15) is 26.0 Å². The number of benzene rings is 1. The Morgan fingerprint density at radius 1 is 1.08 bits per heavy atom. The summed E-state index contributed by atoms with van der Waals surface area (Å²) >= 11 is 0. The molecular weight excluding hydrogens is 474 g/mol. The van der Waals surface area contributed by atoms with E-state index in [9.17, 15) is 0 Å². The molecule has 0 amide bonds. The molecule has 0 bridgehead atoms. The number of piperazine rings is 1. The fraction of sp³-hybridized carbons (Fsp3) is 0.360. The number of methoxy groups -OCH3 is 1. The molecule has 1 fully saturated rings. The summed E-state index contributed by atoms with van der Waals surface area (Å²) in [5, 5.41) is 8.05. The molecule has 5 aromatic rings. The molecule has 1 aliphatic rings. The average molecular weight is 523 g/mol. The van der Waals surface area contributed by atoms with Gasteiger partial charge in [-0.25, -0.2) is 9.67 Å². The highest BCUT2D eigenvalue weighted by atomic mass is 16.5. The van der Waals surface area contributed by atoms with Crippen LogP contribution in [-0.2, 0) is 11.2 Å². The second kappa shape index (κ2) is 10.1. The highest BCUT2D eigenvalue weighted by molar-refractivity contribution is 5.90. The third-order valence-electron chi connectivity index (χ3n) is 4.94. The molecule has 1 saturated heterocycles. The van der Waals surface area contributed by atoms with Crippen molar-refractivity contribution >= 4 is 28.3 Å². The van der Waals surface area contributed by atoms with Gasteiger partial charge in [0, 0.05) is 53.4 Å². The molecule has 0 spiro atoms. The molecule has 0 unspecified atom stereocenters. The van der Waals surface area contributed by atoms with E-state index in [1.165, 1.54) is 6.26 Å². The van der Waals surface area contributed by atoms with Crippen molar-refractivity contribution in [1.29, 1.82) is 0 Å². The van der Waals surface area contributed by atoms with Gasteiger partial charge in [-0.3, -0.25) is 4.90 Å². The van der Waals surface area contributed by atoms with Crippen LogP contribution in [0, 0.1) is 0 Å². The molecule has 1 aromatic carbocycles. The van der Waals surface area contributed by atoms with Crippen molar-refractivity contribution in [1.82, 2.24) is 34.3 Å². The van der Waals surface area contributed by atoms with E-state index < -0.39 is 87.1 Å². The zero-order valence-corrected chi connectivity index (χ0v) is 18.5. The minimum absolute atomic E-state index is 0.00177. The summed E-state index contributed by atoms with van der Waals surface area (Å²) in [5.41, 5.74) is 4.95. The Morgan fingerprint density at radius 2 is 1.95 bits per heavy atom. The number of hydrogen-bond donors (Lipinski definition) is 1. The van der Waals surface area contributed by atoms with E-state index in [1.54, 1.807) is 12.1 Å². The summed E-state index contributed by atoms with van der Waals surface area (Å²) in [7, 11) is -3.37. The fourth-order valence-corrected chi connectivity index (χ4v) is 3.30. The molecule has 0 aliphatic carbocycles. The maximum atomic E-state index is 8.93. The SMILES string of the molecule is [2H]C([2H])([2H])OC([2H])([2H])C([2H])([2H])Oc1ccc(N2C([2H])([2H])C([2H])([2H])N(C([2H])([2H])C([2H])([2H])n3ncc4c3nc(N)n3nc(-c5ccco5)nc43)C([2H])([2H])C2([2H])[2H])cc1. The first-order valence-corrected chi connectivity index (χ1v) is 10.4. The Bertz CT molecular complexity index is 2240. The first-order valence-electron chi connectivity index (χ1n) is 19.9. The van der Waals surface area contributed by atoms with Gasteiger partial charge in [-0.2, -0.15) is 14.6 Å². The largest absolute Gasteiger partial charge is 0.491 e. The highest BCUT2D eigenvalue weighted by Crippen LogP contribution is 2.24. The molecule has 1 aliphatic heterocycles. The second-order valence-corrected chi connectivity index (χ2v) is 7.16. The van der Waals surface area contributed by atoms with E-state index in [4.69, 9.17) is 40.9 Å². The normalized spacial score (nSPS) is 29.6. The van der Waals surface area contributed by atoms with Crippen molar-refractivity contribution in [3.63, 3.8) is 0 Å². The monoisotopic (exact) mass is 522 g/mol. The van der Waals surface area contributed by atoms with E-state index >= 15 is 0 Å². The van der Waals surface area contributed by atoms with Crippen molar-refractivity contribution in [2.75, 3.05) is 63.3 Å². The number of aryl methyl sites for hydroxylation is 1. The Labute approximate surface area is 239 Å². The highest BCUT2D eigenvalue weighted by Gasteiger charge is 2.20. The van der Waals surface area contributed by atoms with Crippen LogP contribution in [0.5, 0.6) is 5.75 Å². The van der Waals surface area contributed by atoms with Crippen molar-refractivity contribution in [2.45, 2.75) is 6.50 Å². The van der Waals surface area contributed by atoms with E-state index in [0.29, 0.717) is 4.68 Å². The van der Waals surface area contributed by atoms with Gasteiger partial charge in [0.15, 0.2) is 17.1 Å². The lowest BCUT2D eigenvalue weighted by molar-refractivity contribution is 0.146. The molecule has 12 heteroatoms. The summed E-state index contributed by atoms with van der Waals surface area (Å²) in [4.78, 5) is 7.86. The van der Waals surface area contributed by atoms with Gasteiger partial charge < -0.3 is 24.5 Å². The molecule has 192 valence electrons. The van der Waals surface area contributed by atoms with Gasteiger partial charge in [0.1, 0.15) is 12.3 Å². The lowest BCUT2D eigenvalue weighted by Gasteiger charge is -2.36. The average Bonchev–Trinajstić information content (AvgIpc) is 3.79. The number of anilines is 2. The van der Waals surface area contributed by atoms with Crippen molar-refractivity contribution in [3.8, 4) is 17.3 Å². The summed E-state index contributed by atoms with van der Waals surface area (Å²) in [5.74, 6) is -0.661. The number of ether oxygens (including phenoxy) is 2. The van der Waals surface area contributed by atoms with Crippen molar-refractivity contribution < 1.29 is 39.9 Å². The van der Waals surface area contributed by atoms with E-state index in [1.807, 2.05) is 0 Å². The van der Waals surface area contributed by atoms with Gasteiger partial charge in [0.2, 0.25) is 11.8 Å². The molecule has 2 N–H and O–H groups in total. The second-order valence-electron chi connectivity index (χ2n) is 7.16. The van der Waals surface area contributed by atoms with E-state index in [0.717, 1.165) is 35.0 Å². The third kappa shape index (κ3) is 4.68. The lowest BCUT2D eigenvalue weighted by Crippen LogP contribution is -2.47. The summed E-state index contributed by atoms with van der Waals surface area (Å²) in [6.07, 6.45) is 2.37. The number of nitrogen functional groups attached to an aromatic ring is 1. The number of nitrogens with two attached hydrogens (primary N) is 1. The predicted molar refractivity (Wildman–Crippen MR) is 139 cm³/mol. The Kier molecular flexibility index (Phi) is 2.80. The summed E-state index contributed by atoms with van der Waals surface area (Å²) in [6.45, 7) is -30.1. The number of aromatic nitrogens is 6. The number of nitrogens with zero attached hydrogens (tertiary/aromatic N) is 8. The molecule has 4 aromatic heterocycles. The van der Waals surface area contributed by atoms with Crippen LogP contribution in [0.25, 0.3) is 28.3 Å². The quantitative estimate of drug-likeness (QED) is 0.308. The smallest absolute Gasteiger partial charge is 0.225 e. The standard InChI is InChI=1S/C25H29N9O3/c1-35-15-16-36-19-6-4-18(5-7-19)32-11-8-31(9-12-32)10-13-33-23-20(17-27-33)24-28-22(21-3-2-14-37-21)30-34(24)25(26)29-23/h2-7,14,17H,8-13,15-16H2,1H3,(H2,26,29)/i1D3,8D2,9D2,10D2,11D2,12D2,13D2,15D2,16D2. The van der Waals surface area contributed by atoms with Gasteiger partial charge >= 0.3 is 0 Å². The van der Waals surface area contributed by atoms with Crippen LogP contribution in [0.3, 0.4) is 0 Å². The van der Waals surface area contributed by atoms with Crippen LogP contribution < -0.4 is 15.4 Å². The van der Waals surface area contributed by atoms with E-state index in [2.05, 4.69) is 24.9 Å². The number of rotatable bonds is 9. The molecule has 6 rings (SSSR count). The van der Waals surface area contributed by atoms with Crippen molar-refractivity contribution in [2.24, 2.45) is 0 Å². The van der Waals surface area contributed by atoms with Crippen LogP contribution in [0.15, 0.2) is 53.3 Å². The van der Waals surface area contributed by atoms with Gasteiger partial charge in [0.25, 0.3) is 0 Å². The molecule has 0 atom stereocenters. The number of furan rings is 1. The maximum Gasteiger partial charge on any atom is 0.225 e. The zero-order valence-electron chi connectivity index (χ0n) is 37.5. The van der Waals surface area contributed by atoms with Gasteiger partial charge in [-0.1, -0.05) is 0 Å². The summed E-state index contributed by atoms with van der Waals surface area (Å²) < 4.78 is 175. The van der Waals surface area contributed by atoms with Gasteiger partial charge in [0.05, 0.1) is 48.7 Å². The molecule has 5 heterocycles. The summed E-state index contributed by atoms with van der Waals surface area (Å²) in [6, 6.07) is 6.44. The topological polar surface area (TPSA) is 125 Å². The first kappa shape index (κ1) is 10.3. The number of hydrogen-bond acceptors (Lipinski definition) is 10. The molecule has 37 heavy (non-hydrogen) atoms. The van der Waals surface area contributed by atoms with Crippen LogP contribution in [-0.4, -0.2) is 86.9 Å². The predicted octanol–water partition coefficient (Wildman–Crippen LogP) is 2.16. The van der Waals surface area contributed by atoms with Gasteiger partial charge in [-0.05, 0) is 36.4 Å². The van der Waals surface area contributed by atoms with Gasteiger partial charge in [-0.15, -0.1) is 5.10 Å². The molecule has 0 radical (unpaired) electrons. The lowest BCUT2D eigenvalue weighted by atomic mass is 10.2. The fourth-order valence-electron chi connectivity index (χ4n) is 3.30. The Hall–Kier alpha value is -4.16. The Balaban J connectivity index is 1.38. The Morgan fingerprint density at radius 3 is 2.73 bits per heavy atom. The van der Waals surface area contributed by atoms with Crippen LogP contribution in [0.4, 0.5) is 11.6 Å². The third-order valence-corrected chi connectivity index (χ3v) is 4.94. The van der Waals surface area contributed by atoms with Crippen LogP contribution in [0.2, 0.25) is 0 Å². The minimum Gasteiger partial charge on any atom is -0.491 e. The number of fused-ring (bicyclic) bond motifs is 3. The van der Waals surface area contributed by atoms with Crippen molar-refractivity contribution in [3.05, 3.63) is 48.9 Å². The zero-order chi connectivity index (χ0) is 42.0.